The number of rotatable bonds is 5. The Morgan fingerprint density at radius 2 is 2.05 bits per heavy atom. The third-order valence-electron chi connectivity index (χ3n) is 4.16. The summed E-state index contributed by atoms with van der Waals surface area (Å²) in [6.07, 6.45) is 0. The summed E-state index contributed by atoms with van der Waals surface area (Å²) in [6.45, 7) is 7.69. The molecule has 0 aliphatic carbocycles. The number of aliphatic hydroxyl groups excluding tert-OH is 1. The maximum absolute atomic E-state index is 14.1. The molecular weight excluding hydrogens is 271 g/mol. The van der Waals surface area contributed by atoms with E-state index < -0.39 is 0 Å². The molecule has 1 heterocycles. The molecule has 1 aliphatic heterocycles. The molecule has 2 rings (SSSR count). The van der Waals surface area contributed by atoms with Gasteiger partial charge in [-0.2, -0.15) is 0 Å². The van der Waals surface area contributed by atoms with E-state index in [9.17, 15) is 9.50 Å². The normalized spacial score (nSPS) is 18.5. The average molecular weight is 296 g/mol. The second kappa shape index (κ2) is 6.73. The maximum atomic E-state index is 14.1. The first kappa shape index (κ1) is 16.2. The Kier molecular flexibility index (Phi) is 5.19. The topological polar surface area (TPSA) is 44.7 Å². The summed E-state index contributed by atoms with van der Waals surface area (Å²) < 4.78 is 19.0. The van der Waals surface area contributed by atoms with Gasteiger partial charge in [-0.25, -0.2) is 4.39 Å². The highest BCUT2D eigenvalue weighted by atomic mass is 19.1. The Labute approximate surface area is 125 Å². The van der Waals surface area contributed by atoms with Crippen molar-refractivity contribution in [1.82, 2.24) is 10.2 Å². The van der Waals surface area contributed by atoms with Crippen LogP contribution in [-0.4, -0.2) is 49.9 Å². The number of hydrogen-bond acceptors (Lipinski definition) is 4. The highest BCUT2D eigenvalue weighted by molar-refractivity contribution is 5.32. The van der Waals surface area contributed by atoms with Crippen molar-refractivity contribution in [2.24, 2.45) is 5.41 Å². The third-order valence-corrected chi connectivity index (χ3v) is 4.16. The molecule has 0 spiro atoms. The minimum atomic E-state index is -0.358. The molecule has 0 unspecified atom stereocenters. The molecule has 5 heteroatoms. The van der Waals surface area contributed by atoms with Crippen molar-refractivity contribution in [3.63, 3.8) is 0 Å². The van der Waals surface area contributed by atoms with Crippen LogP contribution in [0.3, 0.4) is 0 Å². The fraction of sp³-hybridized carbons (Fsp3) is 0.625. The van der Waals surface area contributed by atoms with E-state index in [1.54, 1.807) is 6.07 Å². The summed E-state index contributed by atoms with van der Waals surface area (Å²) in [5.74, 6) is -0.108. The lowest BCUT2D eigenvalue weighted by Crippen LogP contribution is -2.49. The molecule has 1 atom stereocenters. The van der Waals surface area contributed by atoms with Gasteiger partial charge in [0.15, 0.2) is 11.6 Å². The van der Waals surface area contributed by atoms with Gasteiger partial charge in [0.2, 0.25) is 0 Å². The van der Waals surface area contributed by atoms with Gasteiger partial charge < -0.3 is 15.2 Å². The maximum Gasteiger partial charge on any atom is 0.165 e. The van der Waals surface area contributed by atoms with Crippen LogP contribution in [0.25, 0.3) is 0 Å². The molecule has 0 saturated carbocycles. The quantitative estimate of drug-likeness (QED) is 0.870. The third kappa shape index (κ3) is 3.54. The molecule has 2 N–H and O–H groups in total. The van der Waals surface area contributed by atoms with Crippen LogP contribution in [0.2, 0.25) is 0 Å². The van der Waals surface area contributed by atoms with E-state index >= 15 is 0 Å². The molecule has 118 valence electrons. The van der Waals surface area contributed by atoms with Gasteiger partial charge in [0.1, 0.15) is 0 Å². The average Bonchev–Trinajstić information content (AvgIpc) is 2.48. The number of hydrogen-bond donors (Lipinski definition) is 2. The Balaban J connectivity index is 2.36. The van der Waals surface area contributed by atoms with Crippen molar-refractivity contribution in [2.45, 2.75) is 19.9 Å². The number of ether oxygens (including phenoxy) is 1. The van der Waals surface area contributed by atoms with Gasteiger partial charge in [-0.1, -0.05) is 19.9 Å². The van der Waals surface area contributed by atoms with E-state index in [1.165, 1.54) is 13.2 Å². The SMILES string of the molecule is COc1ccc([C@@H](N2CCNCC2)C(C)(C)CO)cc1F. The first-order valence-corrected chi connectivity index (χ1v) is 7.38. The first-order valence-electron chi connectivity index (χ1n) is 7.38. The van der Waals surface area contributed by atoms with Gasteiger partial charge in [-0.05, 0) is 17.7 Å². The highest BCUT2D eigenvalue weighted by Gasteiger charge is 2.35. The van der Waals surface area contributed by atoms with Gasteiger partial charge in [0.25, 0.3) is 0 Å². The minimum absolute atomic E-state index is 0.0231. The summed E-state index contributed by atoms with van der Waals surface area (Å²) in [5.41, 5.74) is 0.535. The number of nitrogens with zero attached hydrogens (tertiary/aromatic N) is 1. The zero-order valence-corrected chi connectivity index (χ0v) is 13.0. The summed E-state index contributed by atoms with van der Waals surface area (Å²) in [5, 5.41) is 13.1. The van der Waals surface area contributed by atoms with Crippen LogP contribution < -0.4 is 10.1 Å². The molecule has 1 aromatic carbocycles. The molecule has 0 aromatic heterocycles. The number of methoxy groups -OCH3 is 1. The van der Waals surface area contributed by atoms with Crippen LogP contribution in [0.1, 0.15) is 25.5 Å². The van der Waals surface area contributed by atoms with Crippen LogP contribution in [0.4, 0.5) is 4.39 Å². The van der Waals surface area contributed by atoms with E-state index in [4.69, 9.17) is 4.74 Å². The van der Waals surface area contributed by atoms with Crippen LogP contribution >= 0.6 is 0 Å². The van der Waals surface area contributed by atoms with Gasteiger partial charge in [0, 0.05) is 44.2 Å². The van der Waals surface area contributed by atoms with E-state index in [0.717, 1.165) is 31.7 Å². The molecule has 1 aliphatic rings. The monoisotopic (exact) mass is 296 g/mol. The fourth-order valence-electron chi connectivity index (χ4n) is 3.04. The van der Waals surface area contributed by atoms with Crippen molar-refractivity contribution in [3.05, 3.63) is 29.6 Å². The van der Waals surface area contributed by atoms with Crippen molar-refractivity contribution < 1.29 is 14.2 Å². The van der Waals surface area contributed by atoms with Gasteiger partial charge >= 0.3 is 0 Å². The minimum Gasteiger partial charge on any atom is -0.494 e. The molecule has 1 aromatic rings. The van der Waals surface area contributed by atoms with Crippen LogP contribution in [0, 0.1) is 11.2 Å². The zero-order chi connectivity index (χ0) is 15.5. The number of halogens is 1. The van der Waals surface area contributed by atoms with E-state index in [2.05, 4.69) is 10.2 Å². The van der Waals surface area contributed by atoms with E-state index in [1.807, 2.05) is 19.9 Å². The smallest absolute Gasteiger partial charge is 0.165 e. The molecule has 0 amide bonds. The van der Waals surface area contributed by atoms with Gasteiger partial charge in [0.05, 0.1) is 7.11 Å². The first-order chi connectivity index (χ1) is 9.99. The number of benzene rings is 1. The summed E-state index contributed by atoms with van der Waals surface area (Å²) in [7, 11) is 1.46. The van der Waals surface area contributed by atoms with Gasteiger partial charge in [-0.3, -0.25) is 4.90 Å². The Bertz CT molecular complexity index is 473. The fourth-order valence-corrected chi connectivity index (χ4v) is 3.04. The molecular formula is C16H25FN2O2. The summed E-state index contributed by atoms with van der Waals surface area (Å²) >= 11 is 0. The van der Waals surface area contributed by atoms with E-state index in [-0.39, 0.29) is 29.6 Å². The Morgan fingerprint density at radius 1 is 1.38 bits per heavy atom. The van der Waals surface area contributed by atoms with E-state index in [0.29, 0.717) is 0 Å². The standard InChI is InChI=1S/C16H25FN2O2/c1-16(2,11-20)15(19-8-6-18-7-9-19)12-4-5-14(21-3)13(17)10-12/h4-5,10,15,18,20H,6-9,11H2,1-3H3/t15-/m1/s1. The highest BCUT2D eigenvalue weighted by Crippen LogP contribution is 2.39. The van der Waals surface area contributed by atoms with Crippen molar-refractivity contribution in [3.8, 4) is 5.75 Å². The largest absolute Gasteiger partial charge is 0.494 e. The van der Waals surface area contributed by atoms with Gasteiger partial charge in [-0.15, -0.1) is 0 Å². The Morgan fingerprint density at radius 3 is 2.57 bits per heavy atom. The van der Waals surface area contributed by atoms with Crippen molar-refractivity contribution in [1.29, 1.82) is 0 Å². The number of piperazine rings is 1. The lowest BCUT2D eigenvalue weighted by molar-refractivity contribution is 0.0303. The molecule has 0 radical (unpaired) electrons. The van der Waals surface area contributed by atoms with Crippen LogP contribution in [0.5, 0.6) is 5.75 Å². The van der Waals surface area contributed by atoms with Crippen LogP contribution in [0.15, 0.2) is 18.2 Å². The molecule has 0 bridgehead atoms. The second-order valence-electron chi connectivity index (χ2n) is 6.23. The predicted octanol–water partition coefficient (Wildman–Crippen LogP) is 1.80. The lowest BCUT2D eigenvalue weighted by Gasteiger charge is -2.43. The molecule has 1 saturated heterocycles. The lowest BCUT2D eigenvalue weighted by atomic mass is 9.79. The predicted molar refractivity (Wildman–Crippen MR) is 81.0 cm³/mol. The summed E-state index contributed by atoms with van der Waals surface area (Å²) in [6, 6.07) is 5.06. The van der Waals surface area contributed by atoms with Crippen molar-refractivity contribution >= 4 is 0 Å². The Hall–Kier alpha value is -1.17. The molecule has 4 nitrogen and oxygen atoms in total. The van der Waals surface area contributed by atoms with Crippen LogP contribution in [-0.2, 0) is 0 Å². The molecule has 1 fully saturated rings. The second-order valence-corrected chi connectivity index (χ2v) is 6.23. The zero-order valence-electron chi connectivity index (χ0n) is 13.0. The number of nitrogens with one attached hydrogen (secondary N) is 1. The van der Waals surface area contributed by atoms with Crippen molar-refractivity contribution in [2.75, 3.05) is 39.9 Å². The molecule has 21 heavy (non-hydrogen) atoms. The summed E-state index contributed by atoms with van der Waals surface area (Å²) in [4.78, 5) is 2.31. The number of aliphatic hydroxyl groups is 1.